The number of nitrogens with zero attached hydrogens (tertiary/aromatic N) is 3. The van der Waals surface area contributed by atoms with Crippen LogP contribution >= 0.6 is 0 Å². The number of hydrogen-bond donors (Lipinski definition) is 0. The molecule has 2 aromatic rings. The lowest BCUT2D eigenvalue weighted by atomic mass is 9.93. The number of para-hydroxylation sites is 2. The van der Waals surface area contributed by atoms with E-state index in [-0.39, 0.29) is 5.91 Å². The van der Waals surface area contributed by atoms with E-state index in [1.807, 2.05) is 43.4 Å². The van der Waals surface area contributed by atoms with Crippen molar-refractivity contribution in [3.63, 3.8) is 0 Å². The number of pyridine rings is 1. The minimum atomic E-state index is -0.464. The molecule has 0 saturated heterocycles. The van der Waals surface area contributed by atoms with Crippen LogP contribution in [0.3, 0.4) is 0 Å². The Balaban J connectivity index is 1.56. The average Bonchev–Trinajstić information content (AvgIpc) is 2.73. The maximum atomic E-state index is 13.5. The van der Waals surface area contributed by atoms with Gasteiger partial charge in [0.15, 0.2) is 6.10 Å². The van der Waals surface area contributed by atoms with Crippen LogP contribution in [0.4, 0.5) is 5.69 Å². The molecule has 5 heteroatoms. The topological polar surface area (TPSA) is 45.7 Å². The van der Waals surface area contributed by atoms with E-state index < -0.39 is 6.10 Å². The molecule has 1 aliphatic heterocycles. The molecule has 1 fully saturated rings. The molecule has 5 nitrogen and oxygen atoms in total. The number of ether oxygens (including phenoxy) is 1. The quantitative estimate of drug-likeness (QED) is 0.830. The highest BCUT2D eigenvalue weighted by atomic mass is 16.5. The van der Waals surface area contributed by atoms with Gasteiger partial charge in [-0.25, -0.2) is 0 Å². The monoisotopic (exact) mass is 365 g/mol. The van der Waals surface area contributed by atoms with E-state index in [1.165, 1.54) is 19.3 Å². The van der Waals surface area contributed by atoms with E-state index in [1.54, 1.807) is 12.4 Å². The molecule has 1 aliphatic carbocycles. The highest BCUT2D eigenvalue weighted by Gasteiger charge is 2.35. The zero-order valence-corrected chi connectivity index (χ0v) is 15.9. The van der Waals surface area contributed by atoms with Crippen LogP contribution in [0, 0.1) is 0 Å². The van der Waals surface area contributed by atoms with Gasteiger partial charge >= 0.3 is 0 Å². The summed E-state index contributed by atoms with van der Waals surface area (Å²) in [7, 11) is 2.02. The highest BCUT2D eigenvalue weighted by Crippen LogP contribution is 2.33. The van der Waals surface area contributed by atoms with E-state index in [4.69, 9.17) is 4.74 Å². The standard InChI is InChI=1S/C22H27N3O2/c1-24-16-21(27-20-10-6-5-9-19(20)24)22(26)25(18-7-3-2-4-8-18)15-17-11-13-23-14-12-17/h5-6,9-14,18,21H,2-4,7-8,15-16H2,1H3/t21-/m1/s1. The van der Waals surface area contributed by atoms with E-state index >= 15 is 0 Å². The molecule has 1 saturated carbocycles. The van der Waals surface area contributed by atoms with Crippen LogP contribution in [0.5, 0.6) is 5.75 Å². The van der Waals surface area contributed by atoms with Crippen molar-refractivity contribution in [3.05, 3.63) is 54.4 Å². The van der Waals surface area contributed by atoms with Crippen LogP contribution in [0.2, 0.25) is 0 Å². The fourth-order valence-corrected chi connectivity index (χ4v) is 4.19. The predicted octanol–water partition coefficient (Wildman–Crippen LogP) is 3.64. The van der Waals surface area contributed by atoms with Crippen molar-refractivity contribution in [2.75, 3.05) is 18.5 Å². The van der Waals surface area contributed by atoms with E-state index in [0.717, 1.165) is 29.8 Å². The largest absolute Gasteiger partial charge is 0.477 e. The lowest BCUT2D eigenvalue weighted by Gasteiger charge is -2.39. The van der Waals surface area contributed by atoms with Gasteiger partial charge in [0.2, 0.25) is 0 Å². The summed E-state index contributed by atoms with van der Waals surface area (Å²) in [5.74, 6) is 0.886. The molecule has 0 N–H and O–H groups in total. The van der Waals surface area contributed by atoms with Crippen LogP contribution in [0.25, 0.3) is 0 Å². The number of amides is 1. The van der Waals surface area contributed by atoms with Gasteiger partial charge in [-0.15, -0.1) is 0 Å². The first-order chi connectivity index (χ1) is 13.2. The van der Waals surface area contributed by atoms with E-state index in [9.17, 15) is 4.79 Å². The summed E-state index contributed by atoms with van der Waals surface area (Å²) in [4.78, 5) is 21.8. The lowest BCUT2D eigenvalue weighted by Crippen LogP contribution is -2.52. The molecule has 142 valence electrons. The minimum Gasteiger partial charge on any atom is -0.477 e. The predicted molar refractivity (Wildman–Crippen MR) is 106 cm³/mol. The number of hydrogen-bond acceptors (Lipinski definition) is 4. The molecule has 0 radical (unpaired) electrons. The van der Waals surface area contributed by atoms with Gasteiger partial charge in [0.1, 0.15) is 5.75 Å². The Hall–Kier alpha value is -2.56. The second-order valence-corrected chi connectivity index (χ2v) is 7.57. The lowest BCUT2D eigenvalue weighted by molar-refractivity contribution is -0.142. The summed E-state index contributed by atoms with van der Waals surface area (Å²) in [5.41, 5.74) is 2.16. The van der Waals surface area contributed by atoms with Crippen molar-refractivity contribution in [2.24, 2.45) is 0 Å². The fraction of sp³-hybridized carbons (Fsp3) is 0.455. The van der Waals surface area contributed by atoms with Crippen LogP contribution in [-0.2, 0) is 11.3 Å². The number of carbonyl (C=O) groups is 1. The molecule has 2 heterocycles. The summed E-state index contributed by atoms with van der Waals surface area (Å²) in [6, 6.07) is 12.2. The van der Waals surface area contributed by atoms with Crippen molar-refractivity contribution in [2.45, 2.75) is 50.8 Å². The van der Waals surface area contributed by atoms with Gasteiger partial charge in [-0.1, -0.05) is 31.4 Å². The Morgan fingerprint density at radius 3 is 2.67 bits per heavy atom. The number of likely N-dealkylation sites (N-methyl/N-ethyl adjacent to an activating group) is 1. The first-order valence-corrected chi connectivity index (χ1v) is 9.88. The number of carbonyl (C=O) groups excluding carboxylic acids is 1. The van der Waals surface area contributed by atoms with Gasteiger partial charge in [0.05, 0.1) is 12.2 Å². The first kappa shape index (κ1) is 17.8. The number of aromatic nitrogens is 1. The maximum Gasteiger partial charge on any atom is 0.266 e. The third-order valence-electron chi connectivity index (χ3n) is 5.66. The van der Waals surface area contributed by atoms with E-state index in [0.29, 0.717) is 19.1 Å². The summed E-state index contributed by atoms with van der Waals surface area (Å²) < 4.78 is 6.13. The maximum absolute atomic E-state index is 13.5. The molecular weight excluding hydrogens is 338 g/mol. The summed E-state index contributed by atoms with van der Waals surface area (Å²) >= 11 is 0. The number of anilines is 1. The number of fused-ring (bicyclic) bond motifs is 1. The van der Waals surface area contributed by atoms with Gasteiger partial charge in [0.25, 0.3) is 5.91 Å². The Labute approximate surface area is 161 Å². The number of benzene rings is 1. The molecule has 1 atom stereocenters. The van der Waals surface area contributed by atoms with Gasteiger partial charge in [-0.2, -0.15) is 0 Å². The van der Waals surface area contributed by atoms with Crippen molar-refractivity contribution in [1.29, 1.82) is 0 Å². The minimum absolute atomic E-state index is 0.0973. The van der Waals surface area contributed by atoms with Gasteiger partial charge in [-0.05, 0) is 42.7 Å². The molecule has 0 bridgehead atoms. The van der Waals surface area contributed by atoms with Crippen LogP contribution < -0.4 is 9.64 Å². The highest BCUT2D eigenvalue weighted by molar-refractivity contribution is 5.83. The molecule has 2 aliphatic rings. The summed E-state index contributed by atoms with van der Waals surface area (Å²) in [6.45, 7) is 1.20. The number of rotatable bonds is 4. The Kier molecular flexibility index (Phi) is 5.28. The summed E-state index contributed by atoms with van der Waals surface area (Å²) in [6.07, 6.45) is 8.93. The van der Waals surface area contributed by atoms with Crippen molar-refractivity contribution < 1.29 is 9.53 Å². The van der Waals surface area contributed by atoms with Crippen molar-refractivity contribution >= 4 is 11.6 Å². The molecule has 4 rings (SSSR count). The van der Waals surface area contributed by atoms with Gasteiger partial charge in [0, 0.05) is 32.0 Å². The molecular formula is C22H27N3O2. The first-order valence-electron chi connectivity index (χ1n) is 9.88. The fourth-order valence-electron chi connectivity index (χ4n) is 4.19. The molecule has 0 unspecified atom stereocenters. The third-order valence-corrected chi connectivity index (χ3v) is 5.66. The summed E-state index contributed by atoms with van der Waals surface area (Å²) in [5, 5.41) is 0. The Morgan fingerprint density at radius 1 is 1.15 bits per heavy atom. The SMILES string of the molecule is CN1C[C@H](C(=O)N(Cc2ccncc2)C2CCCCC2)Oc2ccccc21. The van der Waals surface area contributed by atoms with Gasteiger partial charge < -0.3 is 14.5 Å². The van der Waals surface area contributed by atoms with Crippen LogP contribution in [0.15, 0.2) is 48.8 Å². The van der Waals surface area contributed by atoms with Gasteiger partial charge in [-0.3, -0.25) is 9.78 Å². The third kappa shape index (κ3) is 3.92. The van der Waals surface area contributed by atoms with E-state index in [2.05, 4.69) is 14.8 Å². The zero-order valence-electron chi connectivity index (χ0n) is 15.9. The molecule has 1 aromatic heterocycles. The van der Waals surface area contributed by atoms with Crippen molar-refractivity contribution in [3.8, 4) is 5.75 Å². The normalized spacial score (nSPS) is 19.9. The Morgan fingerprint density at radius 2 is 1.89 bits per heavy atom. The Bertz CT molecular complexity index is 774. The molecule has 27 heavy (non-hydrogen) atoms. The smallest absolute Gasteiger partial charge is 0.266 e. The van der Waals surface area contributed by atoms with Crippen LogP contribution in [-0.4, -0.2) is 41.5 Å². The molecule has 1 amide bonds. The zero-order chi connectivity index (χ0) is 18.6. The second-order valence-electron chi connectivity index (χ2n) is 7.57. The van der Waals surface area contributed by atoms with Crippen molar-refractivity contribution in [1.82, 2.24) is 9.88 Å². The average molecular weight is 365 g/mol. The molecule has 0 spiro atoms. The second kappa shape index (κ2) is 7.99. The van der Waals surface area contributed by atoms with Crippen LogP contribution in [0.1, 0.15) is 37.7 Å². The molecule has 1 aromatic carbocycles.